The van der Waals surface area contributed by atoms with Gasteiger partial charge in [0.1, 0.15) is 0 Å². The topological polar surface area (TPSA) is 58.1 Å². The Labute approximate surface area is 134 Å². The van der Waals surface area contributed by atoms with E-state index in [1.165, 1.54) is 6.42 Å². The Kier molecular flexibility index (Phi) is 7.42. The van der Waals surface area contributed by atoms with Crippen LogP contribution in [-0.2, 0) is 9.47 Å². The normalized spacial score (nSPS) is 28.6. The summed E-state index contributed by atoms with van der Waals surface area (Å²) < 4.78 is 11.2. The number of morpholine rings is 1. The minimum absolute atomic E-state index is 0.334. The third-order valence-corrected chi connectivity index (χ3v) is 4.36. The number of rotatable bonds is 6. The maximum absolute atomic E-state index is 5.65. The number of ether oxygens (including phenoxy) is 2. The minimum Gasteiger partial charge on any atom is -0.379 e. The van der Waals surface area contributed by atoms with Crippen molar-refractivity contribution in [3.05, 3.63) is 0 Å². The van der Waals surface area contributed by atoms with Crippen molar-refractivity contribution in [2.45, 2.75) is 51.8 Å². The summed E-state index contributed by atoms with van der Waals surface area (Å²) in [4.78, 5) is 7.22. The van der Waals surface area contributed by atoms with E-state index in [0.29, 0.717) is 18.2 Å². The number of hydrogen-bond donors (Lipinski definition) is 2. The van der Waals surface area contributed by atoms with E-state index in [2.05, 4.69) is 36.3 Å². The molecule has 0 aliphatic carbocycles. The number of nitrogens with zero attached hydrogens (tertiary/aromatic N) is 2. The monoisotopic (exact) mass is 312 g/mol. The summed E-state index contributed by atoms with van der Waals surface area (Å²) in [5.74, 6) is 0.894. The first-order chi connectivity index (χ1) is 10.7. The molecule has 0 aromatic carbocycles. The zero-order valence-corrected chi connectivity index (χ0v) is 14.3. The van der Waals surface area contributed by atoms with Crippen LogP contribution < -0.4 is 10.6 Å². The summed E-state index contributed by atoms with van der Waals surface area (Å²) in [6, 6.07) is 0.901. The first-order valence-corrected chi connectivity index (χ1v) is 8.68. The van der Waals surface area contributed by atoms with Crippen LogP contribution in [0.5, 0.6) is 0 Å². The molecule has 2 fully saturated rings. The van der Waals surface area contributed by atoms with Crippen molar-refractivity contribution in [2.24, 2.45) is 4.99 Å². The van der Waals surface area contributed by atoms with Crippen LogP contribution in [0.4, 0.5) is 0 Å². The van der Waals surface area contributed by atoms with Gasteiger partial charge < -0.3 is 20.1 Å². The Morgan fingerprint density at radius 3 is 2.91 bits per heavy atom. The van der Waals surface area contributed by atoms with Crippen molar-refractivity contribution in [2.75, 3.05) is 46.0 Å². The highest BCUT2D eigenvalue weighted by molar-refractivity contribution is 5.79. The van der Waals surface area contributed by atoms with E-state index < -0.39 is 0 Å². The van der Waals surface area contributed by atoms with Crippen molar-refractivity contribution in [1.29, 1.82) is 0 Å². The van der Waals surface area contributed by atoms with Crippen molar-refractivity contribution in [1.82, 2.24) is 15.5 Å². The predicted octanol–water partition coefficient (Wildman–Crippen LogP) is 0.830. The molecule has 0 bridgehead atoms. The summed E-state index contributed by atoms with van der Waals surface area (Å²) in [6.45, 7) is 12.6. The fraction of sp³-hybridized carbons (Fsp3) is 0.938. The van der Waals surface area contributed by atoms with E-state index in [1.54, 1.807) is 0 Å². The average molecular weight is 312 g/mol. The second kappa shape index (κ2) is 9.33. The molecule has 0 radical (unpaired) electrons. The van der Waals surface area contributed by atoms with E-state index in [0.717, 1.165) is 58.4 Å². The first-order valence-electron chi connectivity index (χ1n) is 8.68. The molecule has 2 aliphatic rings. The van der Waals surface area contributed by atoms with Gasteiger partial charge in [-0.1, -0.05) is 0 Å². The molecule has 2 rings (SSSR count). The Morgan fingerprint density at radius 1 is 1.36 bits per heavy atom. The molecule has 6 heteroatoms. The molecule has 2 heterocycles. The molecule has 0 saturated carbocycles. The van der Waals surface area contributed by atoms with Crippen LogP contribution in [0.2, 0.25) is 0 Å². The number of guanidine groups is 1. The molecule has 22 heavy (non-hydrogen) atoms. The zero-order chi connectivity index (χ0) is 15.8. The van der Waals surface area contributed by atoms with Gasteiger partial charge in [-0.3, -0.25) is 9.89 Å². The van der Waals surface area contributed by atoms with Crippen molar-refractivity contribution in [3.8, 4) is 0 Å². The summed E-state index contributed by atoms with van der Waals surface area (Å²) >= 11 is 0. The molecule has 2 aliphatic heterocycles. The van der Waals surface area contributed by atoms with Gasteiger partial charge in [0.05, 0.1) is 25.9 Å². The van der Waals surface area contributed by atoms with Crippen LogP contribution in [-0.4, -0.2) is 75.0 Å². The van der Waals surface area contributed by atoms with E-state index in [4.69, 9.17) is 14.5 Å². The summed E-state index contributed by atoms with van der Waals surface area (Å²) in [6.07, 6.45) is 2.65. The quantitative estimate of drug-likeness (QED) is 0.562. The highest BCUT2D eigenvalue weighted by Crippen LogP contribution is 2.11. The lowest BCUT2D eigenvalue weighted by Gasteiger charge is -2.37. The zero-order valence-electron chi connectivity index (χ0n) is 14.3. The summed E-state index contributed by atoms with van der Waals surface area (Å²) in [5, 5.41) is 6.72. The summed E-state index contributed by atoms with van der Waals surface area (Å²) in [7, 11) is 0. The lowest BCUT2D eigenvalue weighted by atomic mass is 10.2. The molecule has 2 N–H and O–H groups in total. The van der Waals surface area contributed by atoms with Gasteiger partial charge >= 0.3 is 0 Å². The summed E-state index contributed by atoms with van der Waals surface area (Å²) in [5.41, 5.74) is 0. The Bertz CT molecular complexity index is 345. The standard InChI is InChI=1S/C16H32N4O2/c1-4-17-16(19-11-15-6-5-8-22-15)18-10-13(2)20-7-9-21-12-14(20)3/h13-15H,4-12H2,1-3H3,(H2,17,18,19). The molecule has 3 unspecified atom stereocenters. The van der Waals surface area contributed by atoms with Crippen LogP contribution in [0.3, 0.4) is 0 Å². The molecule has 0 aromatic rings. The molecular formula is C16H32N4O2. The van der Waals surface area contributed by atoms with Crippen LogP contribution in [0.1, 0.15) is 33.6 Å². The van der Waals surface area contributed by atoms with Crippen LogP contribution in [0.25, 0.3) is 0 Å². The number of nitrogens with one attached hydrogen (secondary N) is 2. The van der Waals surface area contributed by atoms with Gasteiger partial charge in [-0.15, -0.1) is 0 Å². The Hall–Kier alpha value is -0.850. The van der Waals surface area contributed by atoms with Gasteiger partial charge in [-0.25, -0.2) is 0 Å². The van der Waals surface area contributed by atoms with Gasteiger partial charge in [-0.2, -0.15) is 0 Å². The largest absolute Gasteiger partial charge is 0.379 e. The van der Waals surface area contributed by atoms with Crippen LogP contribution in [0, 0.1) is 0 Å². The highest BCUT2D eigenvalue weighted by Gasteiger charge is 2.23. The molecule has 0 aromatic heterocycles. The number of hydrogen-bond acceptors (Lipinski definition) is 4. The second-order valence-corrected chi connectivity index (χ2v) is 6.25. The molecular weight excluding hydrogens is 280 g/mol. The lowest BCUT2D eigenvalue weighted by molar-refractivity contribution is -0.0165. The van der Waals surface area contributed by atoms with Crippen molar-refractivity contribution >= 4 is 5.96 Å². The molecule has 2 saturated heterocycles. The highest BCUT2D eigenvalue weighted by atomic mass is 16.5. The third kappa shape index (κ3) is 5.41. The number of aliphatic imine (C=N–C) groups is 1. The fourth-order valence-electron chi connectivity index (χ4n) is 3.08. The Balaban J connectivity index is 1.79. The predicted molar refractivity (Wildman–Crippen MR) is 89.4 cm³/mol. The van der Waals surface area contributed by atoms with Gasteiger partial charge in [0.25, 0.3) is 0 Å². The maximum Gasteiger partial charge on any atom is 0.191 e. The first kappa shape index (κ1) is 17.5. The second-order valence-electron chi connectivity index (χ2n) is 6.25. The molecule has 3 atom stereocenters. The maximum atomic E-state index is 5.65. The van der Waals surface area contributed by atoms with Gasteiger partial charge in [0, 0.05) is 38.3 Å². The SMILES string of the molecule is CCNC(=NCC(C)N1CCOCC1C)NCC1CCCO1. The van der Waals surface area contributed by atoms with Gasteiger partial charge in [0.2, 0.25) is 0 Å². The molecule has 0 amide bonds. The fourth-order valence-corrected chi connectivity index (χ4v) is 3.08. The van der Waals surface area contributed by atoms with Gasteiger partial charge in [0.15, 0.2) is 5.96 Å². The van der Waals surface area contributed by atoms with Crippen LogP contribution in [0.15, 0.2) is 4.99 Å². The van der Waals surface area contributed by atoms with E-state index in [9.17, 15) is 0 Å². The minimum atomic E-state index is 0.334. The van der Waals surface area contributed by atoms with E-state index in [1.807, 2.05) is 0 Å². The van der Waals surface area contributed by atoms with Gasteiger partial charge in [-0.05, 0) is 33.6 Å². The molecule has 128 valence electrons. The van der Waals surface area contributed by atoms with Crippen molar-refractivity contribution in [3.63, 3.8) is 0 Å². The lowest BCUT2D eigenvalue weighted by Crippen LogP contribution is -2.49. The third-order valence-electron chi connectivity index (χ3n) is 4.36. The van der Waals surface area contributed by atoms with Crippen molar-refractivity contribution < 1.29 is 9.47 Å². The molecule has 0 spiro atoms. The van der Waals surface area contributed by atoms with E-state index >= 15 is 0 Å². The average Bonchev–Trinajstić information content (AvgIpc) is 3.03. The Morgan fingerprint density at radius 2 is 2.23 bits per heavy atom. The smallest absolute Gasteiger partial charge is 0.191 e. The van der Waals surface area contributed by atoms with E-state index in [-0.39, 0.29) is 0 Å². The van der Waals surface area contributed by atoms with Crippen LogP contribution >= 0.6 is 0 Å². The molecule has 6 nitrogen and oxygen atoms in total.